The van der Waals surface area contributed by atoms with Crippen molar-refractivity contribution in [2.75, 3.05) is 6.54 Å². The molecule has 1 N–H and O–H groups in total. The summed E-state index contributed by atoms with van der Waals surface area (Å²) in [5, 5.41) is 8.07. The van der Waals surface area contributed by atoms with E-state index < -0.39 is 15.6 Å². The Morgan fingerprint density at radius 2 is 1.88 bits per heavy atom. The number of nitrogens with one attached hydrogen (secondary N) is 1. The first kappa shape index (κ1) is 21.0. The van der Waals surface area contributed by atoms with Gasteiger partial charge in [0.05, 0.1) is 11.1 Å². The number of fused-ring (bicyclic) bond motifs is 1. The molecule has 3 heterocycles. The Balaban J connectivity index is 1.39. The van der Waals surface area contributed by atoms with Gasteiger partial charge in [0, 0.05) is 47.5 Å². The van der Waals surface area contributed by atoms with Crippen LogP contribution in [0.25, 0.3) is 22.0 Å². The number of hydrogen-bond acceptors (Lipinski definition) is 3. The number of H-pyrrole nitrogens is 1. The van der Waals surface area contributed by atoms with Gasteiger partial charge < -0.3 is 4.57 Å². The summed E-state index contributed by atoms with van der Waals surface area (Å²) in [6, 6.07) is 15.7. The van der Waals surface area contributed by atoms with Crippen LogP contribution in [0.15, 0.2) is 72.0 Å². The molecule has 5 rings (SSSR count). The third-order valence-corrected chi connectivity index (χ3v) is 8.65. The molecule has 0 aliphatic carbocycles. The summed E-state index contributed by atoms with van der Waals surface area (Å²) in [6.07, 6.45) is 6.64. The number of benzene rings is 2. The quantitative estimate of drug-likeness (QED) is 0.475. The predicted octanol–water partition coefficient (Wildman–Crippen LogP) is 4.83. The van der Waals surface area contributed by atoms with Crippen LogP contribution in [0.1, 0.15) is 25.8 Å². The maximum absolute atomic E-state index is 13.4. The second-order valence-electron chi connectivity index (χ2n) is 9.46. The molecule has 4 aromatic rings. The van der Waals surface area contributed by atoms with Crippen molar-refractivity contribution < 1.29 is 8.42 Å². The zero-order chi connectivity index (χ0) is 22.5. The van der Waals surface area contributed by atoms with Gasteiger partial charge in [-0.1, -0.05) is 23.8 Å². The van der Waals surface area contributed by atoms with Gasteiger partial charge in [-0.3, -0.25) is 5.10 Å². The fourth-order valence-corrected chi connectivity index (χ4v) is 6.83. The van der Waals surface area contributed by atoms with E-state index in [9.17, 15) is 8.42 Å². The van der Waals surface area contributed by atoms with Gasteiger partial charge in [0.2, 0.25) is 10.0 Å². The van der Waals surface area contributed by atoms with Crippen LogP contribution in [-0.2, 0) is 16.6 Å². The van der Waals surface area contributed by atoms with Crippen molar-refractivity contribution in [1.82, 2.24) is 19.1 Å². The molecule has 0 amide bonds. The first-order valence-electron chi connectivity index (χ1n) is 10.9. The van der Waals surface area contributed by atoms with Crippen LogP contribution in [0, 0.1) is 12.8 Å². The summed E-state index contributed by atoms with van der Waals surface area (Å²) in [4.78, 5) is 0.370. The van der Waals surface area contributed by atoms with Gasteiger partial charge in [0.15, 0.2) is 0 Å². The zero-order valence-electron chi connectivity index (χ0n) is 18.6. The van der Waals surface area contributed by atoms with E-state index in [0.717, 1.165) is 35.2 Å². The molecule has 1 aliphatic rings. The van der Waals surface area contributed by atoms with E-state index in [2.05, 4.69) is 45.2 Å². The molecule has 2 aromatic heterocycles. The lowest BCUT2D eigenvalue weighted by Crippen LogP contribution is -2.42. The van der Waals surface area contributed by atoms with Crippen molar-refractivity contribution in [2.24, 2.45) is 5.92 Å². The molecular formula is C25H28N4O2S. The molecule has 1 unspecified atom stereocenters. The normalized spacial score (nSPS) is 19.0. The van der Waals surface area contributed by atoms with Crippen molar-refractivity contribution in [3.05, 3.63) is 72.7 Å². The van der Waals surface area contributed by atoms with E-state index in [1.807, 2.05) is 45.3 Å². The average Bonchev–Trinajstić information content (AvgIpc) is 3.47. The summed E-state index contributed by atoms with van der Waals surface area (Å²) >= 11 is 0. The van der Waals surface area contributed by atoms with Crippen LogP contribution in [0.5, 0.6) is 0 Å². The number of hydrogen-bond donors (Lipinski definition) is 1. The SMILES string of the molecule is Cc1ccc(S(=O)(=O)N2CC(Cn3ccc4cc(-c5cn[nH]c5)ccc43)CC2(C)C)cc1. The van der Waals surface area contributed by atoms with E-state index in [1.165, 1.54) is 5.39 Å². The van der Waals surface area contributed by atoms with E-state index in [4.69, 9.17) is 0 Å². The highest BCUT2D eigenvalue weighted by molar-refractivity contribution is 7.89. The summed E-state index contributed by atoms with van der Waals surface area (Å²) < 4.78 is 30.7. The summed E-state index contributed by atoms with van der Waals surface area (Å²) in [5.41, 5.74) is 3.98. The highest BCUT2D eigenvalue weighted by Crippen LogP contribution is 2.38. The molecule has 0 spiro atoms. The van der Waals surface area contributed by atoms with Crippen molar-refractivity contribution in [2.45, 2.75) is 44.2 Å². The molecular weight excluding hydrogens is 420 g/mol. The molecule has 0 saturated carbocycles. The molecule has 166 valence electrons. The Kier molecular flexibility index (Phi) is 4.98. The highest BCUT2D eigenvalue weighted by Gasteiger charge is 2.45. The molecule has 6 nitrogen and oxygen atoms in total. The molecule has 32 heavy (non-hydrogen) atoms. The van der Waals surface area contributed by atoms with E-state index in [-0.39, 0.29) is 5.92 Å². The van der Waals surface area contributed by atoms with Gasteiger partial charge in [0.1, 0.15) is 0 Å². The van der Waals surface area contributed by atoms with Crippen molar-refractivity contribution in [1.29, 1.82) is 0 Å². The third kappa shape index (κ3) is 3.65. The van der Waals surface area contributed by atoms with E-state index in [0.29, 0.717) is 11.4 Å². The third-order valence-electron chi connectivity index (χ3n) is 6.55. The molecule has 1 fully saturated rings. The lowest BCUT2D eigenvalue weighted by atomic mass is 9.97. The minimum Gasteiger partial charge on any atom is -0.347 e. The number of sulfonamides is 1. The van der Waals surface area contributed by atoms with Crippen LogP contribution in [0.2, 0.25) is 0 Å². The van der Waals surface area contributed by atoms with Crippen LogP contribution >= 0.6 is 0 Å². The Hall–Kier alpha value is -2.90. The Morgan fingerprint density at radius 1 is 1.09 bits per heavy atom. The summed E-state index contributed by atoms with van der Waals surface area (Å²) in [5.74, 6) is 0.245. The zero-order valence-corrected chi connectivity index (χ0v) is 19.4. The van der Waals surface area contributed by atoms with Crippen LogP contribution < -0.4 is 0 Å². The van der Waals surface area contributed by atoms with Crippen molar-refractivity contribution in [3.63, 3.8) is 0 Å². The summed E-state index contributed by atoms with van der Waals surface area (Å²) in [7, 11) is -3.53. The Bertz CT molecular complexity index is 1350. The van der Waals surface area contributed by atoms with Crippen LogP contribution in [-0.4, -0.2) is 39.6 Å². The molecule has 1 aliphatic heterocycles. The Labute approximate surface area is 188 Å². The topological polar surface area (TPSA) is 71.0 Å². The fraction of sp³-hybridized carbons (Fsp3) is 0.320. The van der Waals surface area contributed by atoms with Gasteiger partial charge in [-0.15, -0.1) is 0 Å². The minimum atomic E-state index is -3.53. The maximum atomic E-state index is 13.4. The lowest BCUT2D eigenvalue weighted by Gasteiger charge is -2.30. The van der Waals surface area contributed by atoms with E-state index >= 15 is 0 Å². The first-order chi connectivity index (χ1) is 15.2. The maximum Gasteiger partial charge on any atom is 0.243 e. The standard InChI is InChI=1S/C25H28N4O2S/c1-18-4-7-23(8-5-18)32(30,31)29-17-19(13-25(29,2)3)16-28-11-10-21-12-20(6-9-24(21)28)22-14-26-27-15-22/h4-12,14-15,19H,13,16-17H2,1-3H3,(H,26,27). The van der Waals surface area contributed by atoms with Crippen LogP contribution in [0.4, 0.5) is 0 Å². The van der Waals surface area contributed by atoms with Crippen molar-refractivity contribution >= 4 is 20.9 Å². The first-order valence-corrected chi connectivity index (χ1v) is 12.4. The van der Waals surface area contributed by atoms with Gasteiger partial charge in [-0.25, -0.2) is 8.42 Å². The minimum absolute atomic E-state index is 0.245. The fourth-order valence-electron chi connectivity index (χ4n) is 4.96. The number of aromatic amines is 1. The second kappa shape index (κ2) is 7.60. The summed E-state index contributed by atoms with van der Waals surface area (Å²) in [6.45, 7) is 7.34. The van der Waals surface area contributed by atoms with E-state index in [1.54, 1.807) is 16.4 Å². The van der Waals surface area contributed by atoms with Gasteiger partial charge in [-0.05, 0) is 69.0 Å². The predicted molar refractivity (Wildman–Crippen MR) is 127 cm³/mol. The molecule has 1 atom stereocenters. The molecule has 2 aromatic carbocycles. The largest absolute Gasteiger partial charge is 0.347 e. The second-order valence-corrected chi connectivity index (χ2v) is 11.3. The van der Waals surface area contributed by atoms with Gasteiger partial charge in [0.25, 0.3) is 0 Å². The number of aromatic nitrogens is 3. The molecule has 1 saturated heterocycles. The van der Waals surface area contributed by atoms with Crippen molar-refractivity contribution in [3.8, 4) is 11.1 Å². The average molecular weight is 449 g/mol. The number of aryl methyl sites for hydroxylation is 1. The number of nitrogens with zero attached hydrogens (tertiary/aromatic N) is 3. The molecule has 0 radical (unpaired) electrons. The number of rotatable bonds is 5. The highest BCUT2D eigenvalue weighted by atomic mass is 32.2. The Morgan fingerprint density at radius 3 is 2.59 bits per heavy atom. The smallest absolute Gasteiger partial charge is 0.243 e. The molecule has 7 heteroatoms. The van der Waals surface area contributed by atoms with Gasteiger partial charge in [-0.2, -0.15) is 9.40 Å². The lowest BCUT2D eigenvalue weighted by molar-refractivity contribution is 0.291. The monoisotopic (exact) mass is 448 g/mol. The van der Waals surface area contributed by atoms with Crippen LogP contribution in [0.3, 0.4) is 0 Å². The molecule has 0 bridgehead atoms. The van der Waals surface area contributed by atoms with Gasteiger partial charge >= 0.3 is 0 Å².